The van der Waals surface area contributed by atoms with E-state index in [1.54, 1.807) is 12.4 Å². The van der Waals surface area contributed by atoms with E-state index in [1.165, 1.54) is 22.9 Å². The Balaban J connectivity index is 2.22. The van der Waals surface area contributed by atoms with E-state index in [-0.39, 0.29) is 5.82 Å². The Kier molecular flexibility index (Phi) is 2.52. The molecule has 2 N–H and O–H groups in total. The first-order chi connectivity index (χ1) is 8.63. The summed E-state index contributed by atoms with van der Waals surface area (Å²) in [5, 5.41) is 5.04. The maximum atomic E-state index is 13.7. The summed E-state index contributed by atoms with van der Waals surface area (Å²) in [6, 6.07) is 6.24. The molecule has 0 saturated heterocycles. The lowest BCUT2D eigenvalue weighted by Crippen LogP contribution is -1.99. The largest absolute Gasteiger partial charge is 0.399 e. The van der Waals surface area contributed by atoms with E-state index >= 15 is 0 Å². The molecular formula is C12H8BrFN4. The molecule has 0 unspecified atom stereocenters. The Labute approximate surface area is 110 Å². The van der Waals surface area contributed by atoms with Gasteiger partial charge in [-0.3, -0.25) is 0 Å². The fraction of sp³-hybridized carbons (Fsp3) is 0. The van der Waals surface area contributed by atoms with E-state index in [0.717, 1.165) is 9.86 Å². The number of fused-ring (bicyclic) bond motifs is 1. The van der Waals surface area contributed by atoms with Crippen LogP contribution in [0.5, 0.6) is 0 Å². The summed E-state index contributed by atoms with van der Waals surface area (Å²) in [6.07, 6.45) is 3.36. The maximum Gasteiger partial charge on any atom is 0.181 e. The summed E-state index contributed by atoms with van der Waals surface area (Å²) in [6.45, 7) is 0. The van der Waals surface area contributed by atoms with Crippen LogP contribution in [0.25, 0.3) is 16.7 Å². The van der Waals surface area contributed by atoms with Gasteiger partial charge in [0, 0.05) is 27.9 Å². The molecule has 2 heterocycles. The second-order valence-corrected chi connectivity index (χ2v) is 4.77. The molecule has 0 aliphatic carbocycles. The first kappa shape index (κ1) is 11.2. The van der Waals surface area contributed by atoms with E-state index < -0.39 is 0 Å². The summed E-state index contributed by atoms with van der Waals surface area (Å²) >= 11 is 3.33. The van der Waals surface area contributed by atoms with Crippen molar-refractivity contribution in [3.63, 3.8) is 0 Å². The van der Waals surface area contributed by atoms with E-state index in [0.29, 0.717) is 17.0 Å². The predicted octanol–water partition coefficient (Wildman–Crippen LogP) is 2.90. The number of halogens is 2. The number of aromatic nitrogens is 3. The Bertz CT molecular complexity index is 738. The highest BCUT2D eigenvalue weighted by Crippen LogP contribution is 2.21. The van der Waals surface area contributed by atoms with Crippen molar-refractivity contribution in [2.24, 2.45) is 0 Å². The van der Waals surface area contributed by atoms with Gasteiger partial charge in [0.1, 0.15) is 11.5 Å². The molecule has 0 aliphatic rings. The molecular weight excluding hydrogens is 299 g/mol. The van der Waals surface area contributed by atoms with Gasteiger partial charge in [-0.1, -0.05) is 0 Å². The van der Waals surface area contributed by atoms with E-state index in [4.69, 9.17) is 5.73 Å². The third kappa shape index (κ3) is 1.84. The van der Waals surface area contributed by atoms with Gasteiger partial charge in [0.15, 0.2) is 5.65 Å². The summed E-state index contributed by atoms with van der Waals surface area (Å²) in [4.78, 5) is 4.15. The molecule has 2 aromatic heterocycles. The van der Waals surface area contributed by atoms with E-state index in [2.05, 4.69) is 26.0 Å². The van der Waals surface area contributed by atoms with Gasteiger partial charge in [-0.25, -0.2) is 14.1 Å². The van der Waals surface area contributed by atoms with E-state index in [9.17, 15) is 4.39 Å². The van der Waals surface area contributed by atoms with Crippen molar-refractivity contribution in [2.75, 3.05) is 5.73 Å². The highest BCUT2D eigenvalue weighted by molar-refractivity contribution is 9.10. The average Bonchev–Trinajstić information content (AvgIpc) is 2.74. The zero-order valence-electron chi connectivity index (χ0n) is 9.14. The Hall–Kier alpha value is -1.95. The average molecular weight is 307 g/mol. The molecule has 90 valence electrons. The lowest BCUT2D eigenvalue weighted by molar-refractivity contribution is 0.612. The number of nitrogens with zero attached hydrogens (tertiary/aromatic N) is 3. The van der Waals surface area contributed by atoms with Crippen LogP contribution in [0.15, 0.2) is 41.1 Å². The second-order valence-electron chi connectivity index (χ2n) is 3.85. The van der Waals surface area contributed by atoms with Gasteiger partial charge in [-0.05, 0) is 40.2 Å². The van der Waals surface area contributed by atoms with Gasteiger partial charge in [-0.15, -0.1) is 5.10 Å². The molecule has 1 aromatic carbocycles. The molecule has 0 radical (unpaired) electrons. The fourth-order valence-corrected chi connectivity index (χ4v) is 2.07. The van der Waals surface area contributed by atoms with Crippen molar-refractivity contribution in [1.29, 1.82) is 0 Å². The molecule has 0 aliphatic heterocycles. The van der Waals surface area contributed by atoms with Crippen molar-refractivity contribution in [3.05, 3.63) is 46.9 Å². The van der Waals surface area contributed by atoms with Gasteiger partial charge in [0.25, 0.3) is 0 Å². The molecule has 4 nitrogen and oxygen atoms in total. The van der Waals surface area contributed by atoms with E-state index in [1.807, 2.05) is 6.07 Å². The van der Waals surface area contributed by atoms with Crippen LogP contribution in [-0.4, -0.2) is 14.8 Å². The molecule has 6 heteroatoms. The van der Waals surface area contributed by atoms with Gasteiger partial charge in [-0.2, -0.15) is 0 Å². The summed E-state index contributed by atoms with van der Waals surface area (Å²) in [5.74, 6) is -0.379. The number of benzene rings is 1. The topological polar surface area (TPSA) is 56.7 Å². The molecule has 3 rings (SSSR count). The van der Waals surface area contributed by atoms with Gasteiger partial charge in [0.2, 0.25) is 0 Å². The normalized spacial score (nSPS) is 11.0. The van der Waals surface area contributed by atoms with Crippen molar-refractivity contribution >= 4 is 32.7 Å². The van der Waals surface area contributed by atoms with Crippen LogP contribution in [0.2, 0.25) is 0 Å². The third-order valence-corrected chi connectivity index (χ3v) is 2.98. The quantitative estimate of drug-likeness (QED) is 0.703. The predicted molar refractivity (Wildman–Crippen MR) is 70.9 cm³/mol. The van der Waals surface area contributed by atoms with Gasteiger partial charge >= 0.3 is 0 Å². The minimum absolute atomic E-state index is 0.309. The minimum atomic E-state index is -0.379. The Morgan fingerprint density at radius 3 is 2.94 bits per heavy atom. The van der Waals surface area contributed by atoms with Crippen LogP contribution in [0.4, 0.5) is 10.1 Å². The zero-order valence-corrected chi connectivity index (χ0v) is 10.7. The van der Waals surface area contributed by atoms with Gasteiger partial charge in [0.05, 0.1) is 0 Å². The lowest BCUT2D eigenvalue weighted by atomic mass is 10.2. The number of hydrogen-bond acceptors (Lipinski definition) is 3. The highest BCUT2D eigenvalue weighted by Gasteiger charge is 2.08. The second kappa shape index (κ2) is 4.06. The number of nitrogens with two attached hydrogens (primary N) is 1. The number of rotatable bonds is 1. The highest BCUT2D eigenvalue weighted by atomic mass is 79.9. The monoisotopic (exact) mass is 306 g/mol. The van der Waals surface area contributed by atoms with Gasteiger partial charge < -0.3 is 5.73 Å². The lowest BCUT2D eigenvalue weighted by Gasteiger charge is -2.03. The Morgan fingerprint density at radius 1 is 1.28 bits per heavy atom. The summed E-state index contributed by atoms with van der Waals surface area (Å²) in [5.41, 5.74) is 7.00. The summed E-state index contributed by atoms with van der Waals surface area (Å²) in [7, 11) is 0. The summed E-state index contributed by atoms with van der Waals surface area (Å²) < 4.78 is 16.0. The van der Waals surface area contributed by atoms with Crippen LogP contribution < -0.4 is 5.73 Å². The molecule has 0 spiro atoms. The van der Waals surface area contributed by atoms with Crippen LogP contribution in [0.1, 0.15) is 0 Å². The number of hydrogen-bond donors (Lipinski definition) is 1. The molecule has 0 fully saturated rings. The van der Waals surface area contributed by atoms with Crippen LogP contribution in [0.3, 0.4) is 0 Å². The van der Waals surface area contributed by atoms with Crippen molar-refractivity contribution in [1.82, 2.24) is 14.8 Å². The molecule has 0 saturated carbocycles. The minimum Gasteiger partial charge on any atom is -0.399 e. The number of anilines is 1. The standard InChI is InChI=1S/C12H8BrFN4/c13-8-3-7-6-18(17-12(7)16-5-8)11-4-9(15)1-2-10(11)14/h1-6H,15H2. The van der Waals surface area contributed by atoms with Crippen molar-refractivity contribution in [3.8, 4) is 5.69 Å². The number of nitrogen functional groups attached to an aromatic ring is 1. The molecule has 0 atom stereocenters. The maximum absolute atomic E-state index is 13.7. The number of pyridine rings is 1. The molecule has 18 heavy (non-hydrogen) atoms. The van der Waals surface area contributed by atoms with Crippen LogP contribution >= 0.6 is 15.9 Å². The van der Waals surface area contributed by atoms with Crippen molar-refractivity contribution in [2.45, 2.75) is 0 Å². The first-order valence-electron chi connectivity index (χ1n) is 5.20. The van der Waals surface area contributed by atoms with Crippen molar-refractivity contribution < 1.29 is 4.39 Å². The van der Waals surface area contributed by atoms with Crippen LogP contribution in [-0.2, 0) is 0 Å². The molecule has 0 bridgehead atoms. The van der Waals surface area contributed by atoms with Crippen LogP contribution in [0, 0.1) is 5.82 Å². The third-order valence-electron chi connectivity index (χ3n) is 2.54. The zero-order chi connectivity index (χ0) is 12.7. The smallest absolute Gasteiger partial charge is 0.181 e. The molecule has 0 amide bonds. The fourth-order valence-electron chi connectivity index (χ4n) is 1.72. The Morgan fingerprint density at radius 2 is 2.11 bits per heavy atom. The first-order valence-corrected chi connectivity index (χ1v) is 5.99. The SMILES string of the molecule is Nc1ccc(F)c(-n2cc3cc(Br)cnc3n2)c1. The molecule has 3 aromatic rings.